The number of hydrogen-bond acceptors (Lipinski definition) is 4. The van der Waals surface area contributed by atoms with Gasteiger partial charge in [-0.3, -0.25) is 0 Å². The lowest BCUT2D eigenvalue weighted by atomic mass is 10.0. The molecule has 3 aromatic rings. The van der Waals surface area contributed by atoms with Crippen LogP contribution in [-0.4, -0.2) is 25.4 Å². The van der Waals surface area contributed by atoms with Gasteiger partial charge in [-0.05, 0) is 73.4 Å². The number of alkyl halides is 3. The maximum absolute atomic E-state index is 12.9. The molecule has 0 radical (unpaired) electrons. The van der Waals surface area contributed by atoms with Gasteiger partial charge in [0.25, 0.3) is 0 Å². The largest absolute Gasteiger partial charge is 0.416 e. The van der Waals surface area contributed by atoms with Crippen molar-refractivity contribution in [2.45, 2.75) is 57.3 Å². The summed E-state index contributed by atoms with van der Waals surface area (Å²) in [5.41, 5.74) is 1.46. The van der Waals surface area contributed by atoms with Crippen LogP contribution >= 0.6 is 0 Å². The van der Waals surface area contributed by atoms with E-state index in [1.807, 2.05) is 38.1 Å². The highest BCUT2D eigenvalue weighted by Gasteiger charge is 2.32. The summed E-state index contributed by atoms with van der Waals surface area (Å²) in [4.78, 5) is 13.9. The Morgan fingerprint density at radius 2 is 1.57 bits per heavy atom. The fourth-order valence-corrected chi connectivity index (χ4v) is 4.46. The van der Waals surface area contributed by atoms with Crippen LogP contribution in [0.25, 0.3) is 0 Å². The van der Waals surface area contributed by atoms with Crippen molar-refractivity contribution in [3.05, 3.63) is 89.5 Å². The van der Waals surface area contributed by atoms with E-state index in [1.165, 1.54) is 12.1 Å². The van der Waals surface area contributed by atoms with Crippen molar-refractivity contribution in [2.75, 3.05) is 5.32 Å². The minimum atomic E-state index is -4.68. The van der Waals surface area contributed by atoms with E-state index < -0.39 is 26.8 Å². The number of nitrogens with one attached hydrogen (secondary N) is 1. The van der Waals surface area contributed by atoms with Crippen LogP contribution in [0, 0.1) is 0 Å². The van der Waals surface area contributed by atoms with Gasteiger partial charge in [0, 0.05) is 18.3 Å². The number of rotatable bonds is 8. The highest BCUT2D eigenvalue weighted by atomic mass is 32.2. The molecule has 0 saturated heterocycles. The normalized spacial score (nSPS) is 12.0. The molecule has 0 saturated carbocycles. The molecule has 0 aliphatic carbocycles. The predicted molar refractivity (Wildman–Crippen MR) is 136 cm³/mol. The molecule has 0 bridgehead atoms. The summed E-state index contributed by atoms with van der Waals surface area (Å²) in [7, 11) is -4.48. The smallest absolute Gasteiger partial charge is 0.379 e. The SMILES string of the molecule is CC(C)c1ccc(NC(=O)N(Cc2ccc(OS(=O)(=O)c3cccc(C(F)(F)F)c3)cc2)C(C)C)cc1. The molecule has 10 heteroatoms. The molecule has 198 valence electrons. The van der Waals surface area contributed by atoms with Gasteiger partial charge < -0.3 is 14.4 Å². The van der Waals surface area contributed by atoms with Crippen LogP contribution in [0.15, 0.2) is 77.7 Å². The maximum Gasteiger partial charge on any atom is 0.416 e. The molecule has 1 N–H and O–H groups in total. The van der Waals surface area contributed by atoms with E-state index in [1.54, 1.807) is 17.0 Å². The lowest BCUT2D eigenvalue weighted by Gasteiger charge is -2.27. The molecule has 37 heavy (non-hydrogen) atoms. The third kappa shape index (κ3) is 7.48. The van der Waals surface area contributed by atoms with Gasteiger partial charge in [-0.2, -0.15) is 21.6 Å². The van der Waals surface area contributed by atoms with Crippen LogP contribution in [-0.2, 0) is 22.8 Å². The molecule has 0 aliphatic heterocycles. The number of benzene rings is 3. The van der Waals surface area contributed by atoms with E-state index in [4.69, 9.17) is 4.18 Å². The maximum atomic E-state index is 12.9. The monoisotopic (exact) mass is 534 g/mol. The first kappa shape index (κ1) is 28.0. The van der Waals surface area contributed by atoms with Crippen LogP contribution in [0.2, 0.25) is 0 Å². The Hall–Kier alpha value is -3.53. The second-order valence-electron chi connectivity index (χ2n) is 9.14. The van der Waals surface area contributed by atoms with Gasteiger partial charge in [-0.15, -0.1) is 0 Å². The Kier molecular flexibility index (Phi) is 8.53. The standard InChI is InChI=1S/C27H29F3N2O4S/c1-18(2)21-10-12-23(13-11-21)31-26(33)32(19(3)4)17-20-8-14-24(15-9-20)36-37(34,35)25-7-5-6-22(16-25)27(28,29)30/h5-16,18-19H,17H2,1-4H3,(H,31,33). The summed E-state index contributed by atoms with van der Waals surface area (Å²) in [6.45, 7) is 8.17. The lowest BCUT2D eigenvalue weighted by Crippen LogP contribution is -2.39. The average molecular weight is 535 g/mol. The fraction of sp³-hybridized carbons (Fsp3) is 0.296. The zero-order chi connectivity index (χ0) is 27.4. The number of halogens is 3. The predicted octanol–water partition coefficient (Wildman–Crippen LogP) is 7.04. The second-order valence-corrected chi connectivity index (χ2v) is 10.7. The summed E-state index contributed by atoms with van der Waals surface area (Å²) >= 11 is 0. The summed E-state index contributed by atoms with van der Waals surface area (Å²) in [5.74, 6) is 0.316. The number of hydrogen-bond donors (Lipinski definition) is 1. The van der Waals surface area contributed by atoms with Crippen molar-refractivity contribution in [2.24, 2.45) is 0 Å². The highest BCUT2D eigenvalue weighted by Crippen LogP contribution is 2.31. The molecule has 0 fully saturated rings. The van der Waals surface area contributed by atoms with Gasteiger partial charge in [0.2, 0.25) is 0 Å². The molecular weight excluding hydrogens is 505 g/mol. The minimum Gasteiger partial charge on any atom is -0.379 e. The number of amides is 2. The molecule has 3 rings (SSSR count). The third-order valence-corrected chi connectivity index (χ3v) is 6.89. The summed E-state index contributed by atoms with van der Waals surface area (Å²) in [5, 5.41) is 2.89. The van der Waals surface area contributed by atoms with E-state index >= 15 is 0 Å². The van der Waals surface area contributed by atoms with E-state index in [0.717, 1.165) is 23.8 Å². The lowest BCUT2D eigenvalue weighted by molar-refractivity contribution is -0.137. The van der Waals surface area contributed by atoms with Crippen LogP contribution in [0.4, 0.5) is 23.7 Å². The Morgan fingerprint density at radius 1 is 0.946 bits per heavy atom. The molecule has 0 spiro atoms. The quantitative estimate of drug-likeness (QED) is 0.315. The number of nitrogens with zero attached hydrogens (tertiary/aromatic N) is 1. The van der Waals surface area contributed by atoms with E-state index in [9.17, 15) is 26.4 Å². The molecule has 0 heterocycles. The number of anilines is 1. The topological polar surface area (TPSA) is 75.7 Å². The average Bonchev–Trinajstić information content (AvgIpc) is 2.83. The number of carbonyl (C=O) groups is 1. The van der Waals surface area contributed by atoms with Gasteiger partial charge in [0.1, 0.15) is 10.6 Å². The van der Waals surface area contributed by atoms with Crippen molar-refractivity contribution in [3.63, 3.8) is 0 Å². The molecule has 0 atom stereocenters. The Balaban J connectivity index is 1.69. The van der Waals surface area contributed by atoms with E-state index in [-0.39, 0.29) is 24.4 Å². The van der Waals surface area contributed by atoms with E-state index in [2.05, 4.69) is 19.2 Å². The Bertz CT molecular complexity index is 1320. The van der Waals surface area contributed by atoms with Crippen molar-refractivity contribution in [1.82, 2.24) is 4.90 Å². The van der Waals surface area contributed by atoms with Crippen LogP contribution < -0.4 is 9.50 Å². The molecule has 0 aliphatic rings. The third-order valence-electron chi connectivity index (χ3n) is 5.65. The van der Waals surface area contributed by atoms with Gasteiger partial charge in [-0.25, -0.2) is 4.79 Å². The molecule has 2 amide bonds. The van der Waals surface area contributed by atoms with Gasteiger partial charge >= 0.3 is 22.3 Å². The fourth-order valence-electron chi connectivity index (χ4n) is 3.49. The molecule has 0 aromatic heterocycles. The Labute approximate surface area is 215 Å². The van der Waals surface area contributed by atoms with Crippen molar-refractivity contribution in [1.29, 1.82) is 0 Å². The van der Waals surface area contributed by atoms with Crippen LogP contribution in [0.3, 0.4) is 0 Å². The van der Waals surface area contributed by atoms with Crippen molar-refractivity contribution >= 4 is 21.8 Å². The van der Waals surface area contributed by atoms with Crippen LogP contribution in [0.5, 0.6) is 5.75 Å². The summed E-state index contributed by atoms with van der Waals surface area (Å²) in [6.07, 6.45) is -4.68. The zero-order valence-electron chi connectivity index (χ0n) is 20.9. The zero-order valence-corrected chi connectivity index (χ0v) is 21.7. The summed E-state index contributed by atoms with van der Waals surface area (Å²) in [6, 6.07) is 16.5. The molecular formula is C27H29F3N2O4S. The highest BCUT2D eigenvalue weighted by molar-refractivity contribution is 7.87. The molecule has 3 aromatic carbocycles. The van der Waals surface area contributed by atoms with Crippen molar-refractivity contribution in [3.8, 4) is 5.75 Å². The van der Waals surface area contributed by atoms with Gasteiger partial charge in [0.05, 0.1) is 5.56 Å². The van der Waals surface area contributed by atoms with Crippen LogP contribution in [0.1, 0.15) is 50.3 Å². The molecule has 0 unspecified atom stereocenters. The number of carbonyl (C=O) groups excluding carboxylic acids is 1. The summed E-state index contributed by atoms with van der Waals surface area (Å²) < 4.78 is 68.9. The molecule has 6 nitrogen and oxygen atoms in total. The van der Waals surface area contributed by atoms with E-state index in [0.29, 0.717) is 23.2 Å². The minimum absolute atomic E-state index is 0.0630. The Morgan fingerprint density at radius 3 is 2.11 bits per heavy atom. The van der Waals surface area contributed by atoms with Gasteiger partial charge in [-0.1, -0.05) is 44.2 Å². The first-order chi connectivity index (χ1) is 17.3. The van der Waals surface area contributed by atoms with Crippen molar-refractivity contribution < 1.29 is 30.6 Å². The first-order valence-corrected chi connectivity index (χ1v) is 13.1. The second kappa shape index (κ2) is 11.2. The number of urea groups is 1. The van der Waals surface area contributed by atoms with Gasteiger partial charge in [0.15, 0.2) is 0 Å². The first-order valence-electron chi connectivity index (χ1n) is 11.6.